The molecular weight excluding hydrogens is 358 g/mol. The van der Waals surface area contributed by atoms with Gasteiger partial charge in [-0.1, -0.05) is 18.2 Å². The van der Waals surface area contributed by atoms with Crippen molar-refractivity contribution in [2.45, 2.75) is 30.2 Å². The average Bonchev–Trinajstić information content (AvgIpc) is 3.12. The lowest BCUT2D eigenvalue weighted by atomic mass is 9.97. The first kappa shape index (κ1) is 18.7. The van der Waals surface area contributed by atoms with E-state index >= 15 is 0 Å². The minimum absolute atomic E-state index is 0.238. The molecule has 2 aliphatic heterocycles. The molecule has 0 radical (unpaired) electrons. The van der Waals surface area contributed by atoms with Gasteiger partial charge < -0.3 is 15.3 Å². The van der Waals surface area contributed by atoms with Crippen LogP contribution in [0.1, 0.15) is 19.3 Å². The van der Waals surface area contributed by atoms with Crippen LogP contribution in [0.4, 0.5) is 4.79 Å². The molecule has 1 aromatic carbocycles. The number of carbonyl (C=O) groups excluding carboxylic acids is 1. The molecule has 9 heteroatoms. The molecule has 0 aromatic heterocycles. The Balaban J connectivity index is 1.53. The molecule has 2 amide bonds. The minimum Gasteiger partial charge on any atom is -0.481 e. The summed E-state index contributed by atoms with van der Waals surface area (Å²) in [6, 6.07) is 7.77. The van der Waals surface area contributed by atoms with Crippen LogP contribution in [0, 0.1) is 5.92 Å². The van der Waals surface area contributed by atoms with E-state index in [-0.39, 0.29) is 23.5 Å². The molecule has 0 saturated carbocycles. The lowest BCUT2D eigenvalue weighted by Gasteiger charge is -2.31. The maximum absolute atomic E-state index is 12.6. The lowest BCUT2D eigenvalue weighted by Crippen LogP contribution is -2.49. The maximum atomic E-state index is 12.6. The smallest absolute Gasteiger partial charge is 0.317 e. The summed E-state index contributed by atoms with van der Waals surface area (Å²) >= 11 is 0. The topological polar surface area (TPSA) is 107 Å². The molecule has 8 nitrogen and oxygen atoms in total. The summed E-state index contributed by atoms with van der Waals surface area (Å²) in [6.07, 6.45) is 1.45. The van der Waals surface area contributed by atoms with E-state index in [4.69, 9.17) is 5.11 Å². The monoisotopic (exact) mass is 381 g/mol. The maximum Gasteiger partial charge on any atom is 0.317 e. The SMILES string of the molecule is O=C(O)C1CCN(C(=O)N[C@H]2CCN(S(=O)(=O)c3ccccc3)C2)CC1. The summed E-state index contributed by atoms with van der Waals surface area (Å²) in [6.45, 7) is 1.42. The average molecular weight is 381 g/mol. The van der Waals surface area contributed by atoms with Crippen molar-refractivity contribution in [3.63, 3.8) is 0 Å². The highest BCUT2D eigenvalue weighted by atomic mass is 32.2. The Morgan fingerprint density at radius 3 is 2.31 bits per heavy atom. The number of amides is 2. The number of aliphatic carboxylic acids is 1. The number of likely N-dealkylation sites (tertiary alicyclic amines) is 1. The van der Waals surface area contributed by atoms with Crippen molar-refractivity contribution in [1.29, 1.82) is 0 Å². The van der Waals surface area contributed by atoms with Gasteiger partial charge in [-0.3, -0.25) is 4.79 Å². The number of sulfonamides is 1. The van der Waals surface area contributed by atoms with Gasteiger partial charge in [0.1, 0.15) is 0 Å². The summed E-state index contributed by atoms with van der Waals surface area (Å²) in [5, 5.41) is 11.9. The number of carboxylic acids is 1. The van der Waals surface area contributed by atoms with Gasteiger partial charge in [-0.05, 0) is 31.4 Å². The van der Waals surface area contributed by atoms with E-state index in [1.165, 1.54) is 4.31 Å². The van der Waals surface area contributed by atoms with E-state index in [2.05, 4.69) is 5.32 Å². The Labute approximate surface area is 152 Å². The van der Waals surface area contributed by atoms with Gasteiger partial charge in [-0.25, -0.2) is 13.2 Å². The molecule has 2 fully saturated rings. The highest BCUT2D eigenvalue weighted by Gasteiger charge is 2.34. The molecule has 142 valence electrons. The molecule has 2 N–H and O–H groups in total. The van der Waals surface area contributed by atoms with Crippen molar-refractivity contribution in [2.24, 2.45) is 5.92 Å². The molecule has 3 rings (SSSR count). The molecule has 2 saturated heterocycles. The van der Waals surface area contributed by atoms with Crippen molar-refractivity contribution in [3.8, 4) is 0 Å². The van der Waals surface area contributed by atoms with Gasteiger partial charge in [-0.2, -0.15) is 4.31 Å². The number of rotatable bonds is 4. The lowest BCUT2D eigenvalue weighted by molar-refractivity contribution is -0.143. The van der Waals surface area contributed by atoms with Crippen LogP contribution in [0.3, 0.4) is 0 Å². The largest absolute Gasteiger partial charge is 0.481 e. The number of benzene rings is 1. The second-order valence-electron chi connectivity index (χ2n) is 6.71. The Morgan fingerprint density at radius 1 is 1.04 bits per heavy atom. The second kappa shape index (κ2) is 7.63. The van der Waals surface area contributed by atoms with Crippen LogP contribution in [0.5, 0.6) is 0 Å². The zero-order valence-electron chi connectivity index (χ0n) is 14.4. The van der Waals surface area contributed by atoms with E-state index in [0.717, 1.165) is 0 Å². The van der Waals surface area contributed by atoms with Gasteiger partial charge >= 0.3 is 12.0 Å². The van der Waals surface area contributed by atoms with E-state index in [9.17, 15) is 18.0 Å². The van der Waals surface area contributed by atoms with Crippen molar-refractivity contribution < 1.29 is 23.1 Å². The first-order valence-corrected chi connectivity index (χ1v) is 10.2. The van der Waals surface area contributed by atoms with Gasteiger partial charge in [-0.15, -0.1) is 0 Å². The van der Waals surface area contributed by atoms with E-state index in [1.807, 2.05) is 0 Å². The number of urea groups is 1. The number of carbonyl (C=O) groups is 2. The molecule has 1 atom stereocenters. The molecule has 2 aliphatic rings. The summed E-state index contributed by atoms with van der Waals surface area (Å²) < 4.78 is 26.6. The molecular formula is C17H23N3O5S. The highest BCUT2D eigenvalue weighted by molar-refractivity contribution is 7.89. The molecule has 0 unspecified atom stereocenters. The number of nitrogens with zero attached hydrogens (tertiary/aromatic N) is 2. The van der Waals surface area contributed by atoms with Crippen LogP contribution in [0.15, 0.2) is 35.2 Å². The van der Waals surface area contributed by atoms with Gasteiger partial charge in [0.25, 0.3) is 0 Å². The summed E-state index contributed by atoms with van der Waals surface area (Å²) in [4.78, 5) is 25.2. The number of hydrogen-bond acceptors (Lipinski definition) is 4. The van der Waals surface area contributed by atoms with Crippen molar-refractivity contribution in [1.82, 2.24) is 14.5 Å². The zero-order chi connectivity index (χ0) is 18.7. The van der Waals surface area contributed by atoms with Gasteiger partial charge in [0, 0.05) is 32.2 Å². The Morgan fingerprint density at radius 2 is 1.69 bits per heavy atom. The normalized spacial score (nSPS) is 22.3. The van der Waals surface area contributed by atoms with Crippen molar-refractivity contribution >= 4 is 22.0 Å². The molecule has 0 spiro atoms. The minimum atomic E-state index is -3.55. The molecule has 2 heterocycles. The van der Waals surface area contributed by atoms with Crippen molar-refractivity contribution in [3.05, 3.63) is 30.3 Å². The van der Waals surface area contributed by atoms with Gasteiger partial charge in [0.05, 0.1) is 10.8 Å². The van der Waals surface area contributed by atoms with Crippen LogP contribution in [-0.2, 0) is 14.8 Å². The Kier molecular flexibility index (Phi) is 5.47. The fourth-order valence-electron chi connectivity index (χ4n) is 3.40. The fourth-order valence-corrected chi connectivity index (χ4v) is 4.92. The van der Waals surface area contributed by atoms with Crippen LogP contribution in [0.2, 0.25) is 0 Å². The highest BCUT2D eigenvalue weighted by Crippen LogP contribution is 2.22. The third-order valence-electron chi connectivity index (χ3n) is 4.99. The third-order valence-corrected chi connectivity index (χ3v) is 6.87. The molecule has 1 aromatic rings. The quantitative estimate of drug-likeness (QED) is 0.808. The summed E-state index contributed by atoms with van der Waals surface area (Å²) in [5.41, 5.74) is 0. The Hall–Kier alpha value is -2.13. The molecule has 0 bridgehead atoms. The number of nitrogens with one attached hydrogen (secondary N) is 1. The predicted octanol–water partition coefficient (Wildman–Crippen LogP) is 0.956. The summed E-state index contributed by atoms with van der Waals surface area (Å²) in [5.74, 6) is -1.21. The zero-order valence-corrected chi connectivity index (χ0v) is 15.2. The van der Waals surface area contributed by atoms with Gasteiger partial charge in [0.2, 0.25) is 10.0 Å². The van der Waals surface area contributed by atoms with Crippen molar-refractivity contribution in [2.75, 3.05) is 26.2 Å². The molecule has 0 aliphatic carbocycles. The van der Waals surface area contributed by atoms with Crippen LogP contribution < -0.4 is 5.32 Å². The third kappa shape index (κ3) is 3.99. The fraction of sp³-hybridized carbons (Fsp3) is 0.529. The van der Waals surface area contributed by atoms with Crippen LogP contribution in [-0.4, -0.2) is 67.0 Å². The van der Waals surface area contributed by atoms with E-state index < -0.39 is 21.9 Å². The van der Waals surface area contributed by atoms with E-state index in [1.54, 1.807) is 35.2 Å². The van der Waals surface area contributed by atoms with Gasteiger partial charge in [0.15, 0.2) is 0 Å². The Bertz CT molecular complexity index is 760. The second-order valence-corrected chi connectivity index (χ2v) is 8.65. The summed E-state index contributed by atoms with van der Waals surface area (Å²) in [7, 11) is -3.55. The van der Waals surface area contributed by atoms with Crippen LogP contribution >= 0.6 is 0 Å². The molecule has 26 heavy (non-hydrogen) atoms. The van der Waals surface area contributed by atoms with Crippen LogP contribution in [0.25, 0.3) is 0 Å². The van der Waals surface area contributed by atoms with E-state index in [0.29, 0.717) is 38.9 Å². The standard InChI is InChI=1S/C17H23N3O5S/c21-16(22)13-6-9-19(10-7-13)17(23)18-14-8-11-20(12-14)26(24,25)15-4-2-1-3-5-15/h1-5,13-14H,6-12H2,(H,18,23)(H,21,22)/t14-/m0/s1. The number of carboxylic acid groups (broad SMARTS) is 1. The predicted molar refractivity (Wildman–Crippen MR) is 94.1 cm³/mol. The first-order chi connectivity index (χ1) is 12.4. The number of piperidine rings is 1. The number of hydrogen-bond donors (Lipinski definition) is 2. The first-order valence-electron chi connectivity index (χ1n) is 8.71.